The van der Waals surface area contributed by atoms with E-state index in [1.54, 1.807) is 30.5 Å². The minimum atomic E-state index is 0.0185. The summed E-state index contributed by atoms with van der Waals surface area (Å²) >= 11 is 0. The summed E-state index contributed by atoms with van der Waals surface area (Å²) in [5.41, 5.74) is 7.92. The van der Waals surface area contributed by atoms with Gasteiger partial charge < -0.3 is 16.4 Å². The molecule has 0 unspecified atom stereocenters. The lowest BCUT2D eigenvalue weighted by molar-refractivity contribution is 0.101. The fourth-order valence-corrected chi connectivity index (χ4v) is 2.08. The second kappa shape index (κ2) is 6.74. The number of nitrogens with one attached hydrogen (secondary N) is 2. The molecule has 0 radical (unpaired) electrons. The van der Waals surface area contributed by atoms with Gasteiger partial charge in [0.25, 0.3) is 0 Å². The maximum absolute atomic E-state index is 11.3. The molecule has 0 saturated carbocycles. The summed E-state index contributed by atoms with van der Waals surface area (Å²) in [6.07, 6.45) is 3.09. The minimum Gasteiger partial charge on any atom is -0.393 e. The van der Waals surface area contributed by atoms with Crippen LogP contribution < -0.4 is 16.4 Å². The maximum atomic E-state index is 11.3. The number of benzene rings is 1. The second-order valence-corrected chi connectivity index (χ2v) is 5.08. The van der Waals surface area contributed by atoms with Crippen molar-refractivity contribution in [3.8, 4) is 0 Å². The van der Waals surface area contributed by atoms with E-state index in [4.69, 9.17) is 5.73 Å². The molecule has 1 aromatic carbocycles. The number of carbonyl (C=O) groups excluding carboxylic acids is 1. The van der Waals surface area contributed by atoms with Crippen LogP contribution in [0, 0.1) is 0 Å². The van der Waals surface area contributed by atoms with Gasteiger partial charge in [0.15, 0.2) is 17.4 Å². The molecule has 24 heavy (non-hydrogen) atoms. The first kappa shape index (κ1) is 15.4. The molecule has 3 rings (SSSR count). The third kappa shape index (κ3) is 3.46. The van der Waals surface area contributed by atoms with Crippen molar-refractivity contribution < 1.29 is 4.79 Å². The van der Waals surface area contributed by atoms with E-state index in [-0.39, 0.29) is 5.78 Å². The molecule has 3 aromatic rings. The van der Waals surface area contributed by atoms with Crippen LogP contribution in [-0.4, -0.2) is 20.7 Å². The predicted molar refractivity (Wildman–Crippen MR) is 93.7 cm³/mol. The van der Waals surface area contributed by atoms with E-state index in [1.165, 1.54) is 13.3 Å². The van der Waals surface area contributed by atoms with Crippen molar-refractivity contribution in [1.29, 1.82) is 0 Å². The van der Waals surface area contributed by atoms with Gasteiger partial charge in [-0.1, -0.05) is 6.07 Å². The lowest BCUT2D eigenvalue weighted by atomic mass is 10.1. The van der Waals surface area contributed by atoms with Crippen LogP contribution in [0.2, 0.25) is 0 Å². The van der Waals surface area contributed by atoms with Crippen LogP contribution in [0.25, 0.3) is 0 Å². The molecule has 0 aliphatic rings. The number of hydrogen-bond acceptors (Lipinski definition) is 7. The molecule has 0 saturated heterocycles. The first-order valence-corrected chi connectivity index (χ1v) is 7.30. The van der Waals surface area contributed by atoms with Gasteiger partial charge in [-0.2, -0.15) is 0 Å². The smallest absolute Gasteiger partial charge is 0.160 e. The van der Waals surface area contributed by atoms with Gasteiger partial charge in [-0.15, -0.1) is 0 Å². The number of ketones is 1. The molecule has 2 heterocycles. The number of hydrogen-bond donors (Lipinski definition) is 3. The Hall–Kier alpha value is -3.48. The van der Waals surface area contributed by atoms with Crippen LogP contribution in [0.15, 0.2) is 55.0 Å². The number of Topliss-reactive ketones (excluding diaryl/α,β-unsaturated/α-hetero) is 1. The highest BCUT2D eigenvalue weighted by Crippen LogP contribution is 2.27. The molecule has 0 aliphatic carbocycles. The van der Waals surface area contributed by atoms with Crippen molar-refractivity contribution in [3.63, 3.8) is 0 Å². The Morgan fingerprint density at radius 3 is 2.29 bits per heavy atom. The molecule has 0 fully saturated rings. The largest absolute Gasteiger partial charge is 0.393 e. The molecular weight excluding hydrogens is 304 g/mol. The average molecular weight is 320 g/mol. The van der Waals surface area contributed by atoms with Crippen molar-refractivity contribution in [2.75, 3.05) is 16.4 Å². The van der Waals surface area contributed by atoms with Gasteiger partial charge in [-0.25, -0.2) is 15.0 Å². The number of pyridine rings is 1. The number of carbonyl (C=O) groups is 1. The first-order valence-electron chi connectivity index (χ1n) is 7.30. The van der Waals surface area contributed by atoms with Crippen LogP contribution in [0.1, 0.15) is 17.3 Å². The van der Waals surface area contributed by atoms with E-state index >= 15 is 0 Å². The van der Waals surface area contributed by atoms with E-state index < -0.39 is 0 Å². The van der Waals surface area contributed by atoms with Crippen LogP contribution in [0.3, 0.4) is 0 Å². The van der Waals surface area contributed by atoms with E-state index in [9.17, 15) is 4.79 Å². The lowest BCUT2D eigenvalue weighted by Gasteiger charge is -2.12. The third-order valence-corrected chi connectivity index (χ3v) is 3.35. The minimum absolute atomic E-state index is 0.0185. The van der Waals surface area contributed by atoms with Crippen LogP contribution >= 0.6 is 0 Å². The zero-order valence-corrected chi connectivity index (χ0v) is 13.0. The summed E-state index contributed by atoms with van der Waals surface area (Å²) in [7, 11) is 0. The van der Waals surface area contributed by atoms with Gasteiger partial charge in [0.2, 0.25) is 0 Å². The molecule has 0 bridgehead atoms. The van der Waals surface area contributed by atoms with Gasteiger partial charge >= 0.3 is 0 Å². The molecule has 7 heteroatoms. The quantitative estimate of drug-likeness (QED) is 0.620. The Morgan fingerprint density at radius 2 is 1.67 bits per heavy atom. The highest BCUT2D eigenvalue weighted by atomic mass is 16.1. The molecule has 120 valence electrons. The average Bonchev–Trinajstić information content (AvgIpc) is 2.60. The Kier molecular flexibility index (Phi) is 4.33. The van der Waals surface area contributed by atoms with Gasteiger partial charge in [0.05, 0.1) is 0 Å². The number of nitrogen functional groups attached to an aromatic ring is 1. The summed E-state index contributed by atoms with van der Waals surface area (Å²) in [6, 6.07) is 12.6. The van der Waals surface area contributed by atoms with Crippen LogP contribution in [0.5, 0.6) is 0 Å². The van der Waals surface area contributed by atoms with Crippen LogP contribution in [-0.2, 0) is 0 Å². The first-order chi connectivity index (χ1) is 11.6. The molecule has 2 aromatic heterocycles. The predicted octanol–water partition coefficient (Wildman–Crippen LogP) is 3.14. The van der Waals surface area contributed by atoms with Crippen molar-refractivity contribution in [2.45, 2.75) is 6.92 Å². The summed E-state index contributed by atoms with van der Waals surface area (Å²) < 4.78 is 0. The number of rotatable bonds is 5. The Balaban J connectivity index is 1.81. The maximum Gasteiger partial charge on any atom is 0.160 e. The Bertz CT molecular complexity index is 849. The van der Waals surface area contributed by atoms with Crippen molar-refractivity contribution in [2.24, 2.45) is 0 Å². The van der Waals surface area contributed by atoms with E-state index in [1.807, 2.05) is 18.2 Å². The molecule has 0 amide bonds. The second-order valence-electron chi connectivity index (χ2n) is 5.08. The molecule has 0 spiro atoms. The Morgan fingerprint density at radius 1 is 0.958 bits per heavy atom. The Labute approximate surface area is 139 Å². The van der Waals surface area contributed by atoms with Crippen LogP contribution in [0.4, 0.5) is 28.8 Å². The SMILES string of the molecule is CC(=O)c1ccc(Nc2ncnc(Nc3ccccn3)c2N)cc1. The summed E-state index contributed by atoms with van der Waals surface area (Å²) in [4.78, 5) is 23.8. The summed E-state index contributed by atoms with van der Waals surface area (Å²) in [5, 5.41) is 6.17. The fourth-order valence-electron chi connectivity index (χ4n) is 2.08. The number of anilines is 5. The third-order valence-electron chi connectivity index (χ3n) is 3.35. The summed E-state index contributed by atoms with van der Waals surface area (Å²) in [5.74, 6) is 1.59. The van der Waals surface area contributed by atoms with Crippen molar-refractivity contribution in [1.82, 2.24) is 15.0 Å². The monoisotopic (exact) mass is 320 g/mol. The lowest BCUT2D eigenvalue weighted by Crippen LogP contribution is -2.05. The normalized spacial score (nSPS) is 10.2. The van der Waals surface area contributed by atoms with Crippen molar-refractivity contribution >= 4 is 34.6 Å². The highest BCUT2D eigenvalue weighted by Gasteiger charge is 2.09. The molecule has 0 atom stereocenters. The topological polar surface area (TPSA) is 106 Å². The number of aromatic nitrogens is 3. The van der Waals surface area contributed by atoms with Gasteiger partial charge in [-0.3, -0.25) is 4.79 Å². The zero-order chi connectivity index (χ0) is 16.9. The number of nitrogens with two attached hydrogens (primary N) is 1. The molecule has 0 aliphatic heterocycles. The fraction of sp³-hybridized carbons (Fsp3) is 0.0588. The van der Waals surface area contributed by atoms with E-state index in [0.29, 0.717) is 28.7 Å². The van der Waals surface area contributed by atoms with Gasteiger partial charge in [-0.05, 0) is 43.3 Å². The highest BCUT2D eigenvalue weighted by molar-refractivity contribution is 5.94. The summed E-state index contributed by atoms with van der Waals surface area (Å²) in [6.45, 7) is 1.53. The van der Waals surface area contributed by atoms with Crippen molar-refractivity contribution in [3.05, 3.63) is 60.6 Å². The zero-order valence-electron chi connectivity index (χ0n) is 13.0. The standard InChI is InChI=1S/C17H16N6O/c1-11(24)12-5-7-13(8-6-12)22-16-15(18)17(21-10-20-16)23-14-4-2-3-9-19-14/h2-10H,18H2,1H3,(H2,19,20,21,22,23). The number of nitrogens with zero attached hydrogens (tertiary/aromatic N) is 3. The van der Waals surface area contributed by atoms with Gasteiger partial charge in [0, 0.05) is 17.4 Å². The van der Waals surface area contributed by atoms with E-state index in [2.05, 4.69) is 25.6 Å². The molecule has 7 nitrogen and oxygen atoms in total. The molecule has 4 N–H and O–H groups in total. The van der Waals surface area contributed by atoms with Gasteiger partial charge in [0.1, 0.15) is 17.8 Å². The molecular formula is C17H16N6O. The van der Waals surface area contributed by atoms with E-state index in [0.717, 1.165) is 5.69 Å².